The lowest BCUT2D eigenvalue weighted by Crippen LogP contribution is -2.54. The zero-order valence-corrected chi connectivity index (χ0v) is 25.7. The number of hydrogen-bond acceptors (Lipinski definition) is 5. The Morgan fingerprint density at radius 1 is 0.952 bits per heavy atom. The summed E-state index contributed by atoms with van der Waals surface area (Å²) in [4.78, 5) is 42.7. The first-order valence-electron chi connectivity index (χ1n) is 14.9. The Labute approximate surface area is 251 Å². The second-order valence-electron chi connectivity index (χ2n) is 11.5. The van der Waals surface area contributed by atoms with E-state index in [4.69, 9.17) is 11.2 Å². The predicted molar refractivity (Wildman–Crippen MR) is 166 cm³/mol. The molecule has 3 N–H and O–H groups in total. The average molecular weight is 578 g/mol. The van der Waals surface area contributed by atoms with E-state index in [0.717, 1.165) is 37.7 Å². The van der Waals surface area contributed by atoms with Gasteiger partial charge >= 0.3 is 6.09 Å². The van der Waals surface area contributed by atoms with Crippen LogP contribution >= 0.6 is 0 Å². The first-order chi connectivity index (χ1) is 20.0. The Morgan fingerprint density at radius 2 is 1.57 bits per heavy atom. The Morgan fingerprint density at radius 3 is 2.14 bits per heavy atom. The summed E-state index contributed by atoms with van der Waals surface area (Å²) in [5.74, 6) is 2.00. The van der Waals surface area contributed by atoms with E-state index in [9.17, 15) is 19.5 Å². The molecule has 0 aliphatic rings. The highest BCUT2D eigenvalue weighted by atomic mass is 16.6. The number of phenols is 1. The number of nitrogens with zero attached hydrogens (tertiary/aromatic N) is 1. The van der Waals surface area contributed by atoms with E-state index in [2.05, 4.69) is 30.4 Å². The summed E-state index contributed by atoms with van der Waals surface area (Å²) in [6.45, 7) is 10.2. The largest absolute Gasteiger partial charge is 0.508 e. The van der Waals surface area contributed by atoms with Gasteiger partial charge in [-0.3, -0.25) is 9.59 Å². The minimum absolute atomic E-state index is 0.0955. The second kappa shape index (κ2) is 17.1. The van der Waals surface area contributed by atoms with Crippen LogP contribution in [0.2, 0.25) is 0 Å². The van der Waals surface area contributed by atoms with E-state index in [1.54, 1.807) is 62.1 Å². The molecule has 2 aromatic rings. The first-order valence-corrected chi connectivity index (χ1v) is 14.9. The van der Waals surface area contributed by atoms with Crippen LogP contribution in [-0.4, -0.2) is 52.6 Å². The molecule has 0 bridgehead atoms. The molecule has 0 saturated heterocycles. The number of carbonyl (C=O) groups is 3. The third kappa shape index (κ3) is 11.5. The van der Waals surface area contributed by atoms with Gasteiger partial charge in [-0.1, -0.05) is 69.7 Å². The quantitative estimate of drug-likeness (QED) is 0.181. The third-order valence-corrected chi connectivity index (χ3v) is 6.68. The van der Waals surface area contributed by atoms with E-state index < -0.39 is 29.7 Å². The molecule has 0 aliphatic carbocycles. The molecule has 42 heavy (non-hydrogen) atoms. The van der Waals surface area contributed by atoms with Gasteiger partial charge in [-0.25, -0.2) is 4.79 Å². The van der Waals surface area contributed by atoms with Crippen LogP contribution in [0.1, 0.15) is 95.9 Å². The number of rotatable bonds is 15. The molecule has 0 aliphatic heterocycles. The smallest absolute Gasteiger partial charge is 0.408 e. The van der Waals surface area contributed by atoms with Gasteiger partial charge in [0.25, 0.3) is 0 Å². The van der Waals surface area contributed by atoms with Crippen LogP contribution in [0.5, 0.6) is 5.75 Å². The number of terminal acetylenes is 1. The van der Waals surface area contributed by atoms with Gasteiger partial charge in [0.15, 0.2) is 0 Å². The summed E-state index contributed by atoms with van der Waals surface area (Å²) in [5.41, 5.74) is 1.26. The number of alkyl carbamates (subject to hydrolysis) is 1. The molecule has 2 unspecified atom stereocenters. The number of benzene rings is 2. The zero-order chi connectivity index (χ0) is 31.1. The van der Waals surface area contributed by atoms with Gasteiger partial charge in [0.2, 0.25) is 11.8 Å². The number of amides is 3. The van der Waals surface area contributed by atoms with Crippen molar-refractivity contribution < 1.29 is 24.2 Å². The van der Waals surface area contributed by atoms with Crippen LogP contribution < -0.4 is 10.6 Å². The molecule has 0 spiro atoms. The second-order valence-corrected chi connectivity index (χ2v) is 11.5. The lowest BCUT2D eigenvalue weighted by atomic mass is 9.99. The molecule has 0 fully saturated rings. The molecule has 8 nitrogen and oxygen atoms in total. The maximum absolute atomic E-state index is 14.4. The number of unbranched alkanes of at least 4 members (excludes halogenated alkanes) is 4. The van der Waals surface area contributed by atoms with Gasteiger partial charge in [0, 0.05) is 25.1 Å². The van der Waals surface area contributed by atoms with Gasteiger partial charge in [-0.15, -0.1) is 6.42 Å². The van der Waals surface area contributed by atoms with Crippen LogP contribution in [0.15, 0.2) is 48.5 Å². The van der Waals surface area contributed by atoms with Crippen LogP contribution in [0.3, 0.4) is 0 Å². The van der Waals surface area contributed by atoms with Gasteiger partial charge < -0.3 is 25.4 Å². The minimum atomic E-state index is -1.02. The van der Waals surface area contributed by atoms with Crippen molar-refractivity contribution in [2.45, 2.75) is 97.2 Å². The van der Waals surface area contributed by atoms with E-state index >= 15 is 0 Å². The van der Waals surface area contributed by atoms with Crippen LogP contribution in [0, 0.1) is 12.3 Å². The maximum Gasteiger partial charge on any atom is 0.408 e. The van der Waals surface area contributed by atoms with E-state index in [1.165, 1.54) is 12.1 Å². The Bertz CT molecular complexity index is 1180. The van der Waals surface area contributed by atoms with Gasteiger partial charge in [-0.05, 0) is 69.0 Å². The molecule has 2 rings (SSSR count). The first kappa shape index (κ1) is 34.2. The van der Waals surface area contributed by atoms with Crippen LogP contribution in [-0.2, 0) is 20.7 Å². The Balaban J connectivity index is 2.54. The summed E-state index contributed by atoms with van der Waals surface area (Å²) in [5, 5.41) is 15.5. The normalized spacial score (nSPS) is 12.5. The molecule has 0 aromatic heterocycles. The summed E-state index contributed by atoms with van der Waals surface area (Å²) >= 11 is 0. The topological polar surface area (TPSA) is 108 Å². The molecule has 0 heterocycles. The monoisotopic (exact) mass is 577 g/mol. The fourth-order valence-corrected chi connectivity index (χ4v) is 4.53. The highest BCUT2D eigenvalue weighted by molar-refractivity contribution is 5.92. The Hall–Kier alpha value is -3.99. The average Bonchev–Trinajstić information content (AvgIpc) is 2.94. The maximum atomic E-state index is 14.4. The van der Waals surface area contributed by atoms with E-state index in [-0.39, 0.29) is 18.1 Å². The van der Waals surface area contributed by atoms with Gasteiger partial charge in [0.05, 0.1) is 0 Å². The van der Waals surface area contributed by atoms with E-state index in [1.807, 2.05) is 0 Å². The lowest BCUT2D eigenvalue weighted by Gasteiger charge is -2.34. The van der Waals surface area contributed by atoms with Crippen LogP contribution in [0.4, 0.5) is 4.79 Å². The SMILES string of the molecule is C#Cc1ccc(C(C(=O)NCCCCC)N(CCCCC)C(=O)C(Cc2ccc(O)cc2)NC(=O)OC(C)(C)C)cc1. The van der Waals surface area contributed by atoms with Crippen molar-refractivity contribution in [1.29, 1.82) is 0 Å². The molecule has 2 atom stereocenters. The number of phenolic OH excluding ortho intramolecular Hbond substituents is 1. The summed E-state index contributed by atoms with van der Waals surface area (Å²) in [7, 11) is 0. The van der Waals surface area contributed by atoms with Crippen molar-refractivity contribution >= 4 is 17.9 Å². The summed E-state index contributed by atoms with van der Waals surface area (Å²) < 4.78 is 5.49. The molecule has 3 amide bonds. The molecular weight excluding hydrogens is 530 g/mol. The van der Waals surface area contributed by atoms with Gasteiger partial charge in [0.1, 0.15) is 23.4 Å². The predicted octanol–water partition coefficient (Wildman–Crippen LogP) is 5.88. The van der Waals surface area contributed by atoms with Crippen LogP contribution in [0.25, 0.3) is 0 Å². The standard InChI is InChI=1S/C34H47N3O5/c1-7-10-12-22-35-31(39)30(27-18-14-25(9-3)15-19-27)37(23-13-11-8-2)32(40)29(36-33(41)42-34(4,5)6)24-26-16-20-28(38)21-17-26/h3,14-21,29-30,38H,7-8,10-13,22-24H2,1-2,4-6H3,(H,35,39)(H,36,41). The third-order valence-electron chi connectivity index (χ3n) is 6.68. The van der Waals surface area contributed by atoms with Crippen molar-refractivity contribution in [1.82, 2.24) is 15.5 Å². The highest BCUT2D eigenvalue weighted by Crippen LogP contribution is 2.25. The van der Waals surface area contributed by atoms with Crippen molar-refractivity contribution in [3.8, 4) is 18.1 Å². The minimum Gasteiger partial charge on any atom is -0.508 e. The number of aromatic hydroxyl groups is 1. The highest BCUT2D eigenvalue weighted by Gasteiger charge is 2.36. The van der Waals surface area contributed by atoms with Crippen molar-refractivity contribution in [3.63, 3.8) is 0 Å². The molecule has 2 aromatic carbocycles. The Kier molecular flexibility index (Phi) is 13.9. The number of hydrogen-bond donors (Lipinski definition) is 3. The molecule has 228 valence electrons. The molecular formula is C34H47N3O5. The zero-order valence-electron chi connectivity index (χ0n) is 25.7. The number of nitrogens with one attached hydrogen (secondary N) is 2. The van der Waals surface area contributed by atoms with Gasteiger partial charge in [-0.2, -0.15) is 0 Å². The number of ether oxygens (including phenoxy) is 1. The lowest BCUT2D eigenvalue weighted by molar-refractivity contribution is -0.142. The van der Waals surface area contributed by atoms with E-state index in [0.29, 0.717) is 30.6 Å². The summed E-state index contributed by atoms with van der Waals surface area (Å²) in [6.07, 6.45) is 10.3. The van der Waals surface area contributed by atoms with Crippen molar-refractivity contribution in [2.75, 3.05) is 13.1 Å². The number of carbonyl (C=O) groups excluding carboxylic acids is 3. The van der Waals surface area contributed by atoms with Crippen molar-refractivity contribution in [2.24, 2.45) is 0 Å². The summed E-state index contributed by atoms with van der Waals surface area (Å²) in [6, 6.07) is 11.6. The molecule has 0 radical (unpaired) electrons. The molecule has 0 saturated carbocycles. The van der Waals surface area contributed by atoms with Crippen molar-refractivity contribution in [3.05, 3.63) is 65.2 Å². The molecule has 8 heteroatoms. The fourth-order valence-electron chi connectivity index (χ4n) is 4.53. The fraction of sp³-hybridized carbons (Fsp3) is 0.500.